The molecule has 0 radical (unpaired) electrons. The summed E-state index contributed by atoms with van der Waals surface area (Å²) in [6, 6.07) is 10.1. The first-order chi connectivity index (χ1) is 9.24. The average molecular weight is 276 g/mol. The molecule has 0 atom stereocenters. The van der Waals surface area contributed by atoms with E-state index in [1.807, 2.05) is 12.1 Å². The summed E-state index contributed by atoms with van der Waals surface area (Å²) in [5.74, 6) is -0.265. The highest BCUT2D eigenvalue weighted by Gasteiger charge is 2.29. The second-order valence-corrected chi connectivity index (χ2v) is 6.07. The molecule has 0 amide bonds. The molecular weight excluding hydrogens is 259 g/mol. The van der Waals surface area contributed by atoms with Crippen molar-refractivity contribution in [3.8, 4) is 0 Å². The molecule has 1 aromatic heterocycles. The Bertz CT molecular complexity index is 549. The van der Waals surface area contributed by atoms with Crippen molar-refractivity contribution < 1.29 is 4.39 Å². The third-order valence-electron chi connectivity index (χ3n) is 3.48. The van der Waals surface area contributed by atoms with Crippen LogP contribution in [0.4, 0.5) is 10.1 Å². The molecule has 1 saturated carbocycles. The van der Waals surface area contributed by atoms with Gasteiger partial charge in [-0.2, -0.15) is 0 Å². The lowest BCUT2D eigenvalue weighted by Gasteiger charge is -2.21. The van der Waals surface area contributed by atoms with Crippen molar-refractivity contribution in [1.29, 1.82) is 0 Å². The summed E-state index contributed by atoms with van der Waals surface area (Å²) in [7, 11) is 0. The third kappa shape index (κ3) is 2.96. The van der Waals surface area contributed by atoms with E-state index in [2.05, 4.69) is 22.4 Å². The molecule has 19 heavy (non-hydrogen) atoms. The zero-order valence-electron chi connectivity index (χ0n) is 10.7. The molecule has 100 valence electrons. The van der Waals surface area contributed by atoms with Gasteiger partial charge in [0, 0.05) is 29.6 Å². The first kappa shape index (κ1) is 12.6. The van der Waals surface area contributed by atoms with Crippen LogP contribution in [0.3, 0.4) is 0 Å². The topological polar surface area (TPSA) is 29.3 Å². The van der Waals surface area contributed by atoms with Crippen LogP contribution in [0.25, 0.3) is 0 Å². The molecule has 2 nitrogen and oxygen atoms in total. The molecule has 2 N–H and O–H groups in total. The van der Waals surface area contributed by atoms with Crippen LogP contribution in [0.15, 0.2) is 35.7 Å². The molecule has 0 bridgehead atoms. The van der Waals surface area contributed by atoms with Gasteiger partial charge in [-0.05, 0) is 30.4 Å². The Hall–Kier alpha value is -1.39. The van der Waals surface area contributed by atoms with Crippen LogP contribution in [0.1, 0.15) is 23.3 Å². The van der Waals surface area contributed by atoms with Crippen LogP contribution < -0.4 is 5.73 Å². The van der Waals surface area contributed by atoms with Crippen LogP contribution in [0.5, 0.6) is 0 Å². The minimum atomic E-state index is -0.265. The van der Waals surface area contributed by atoms with Crippen molar-refractivity contribution in [1.82, 2.24) is 4.90 Å². The number of halogens is 1. The zero-order valence-corrected chi connectivity index (χ0v) is 11.5. The van der Waals surface area contributed by atoms with Gasteiger partial charge in [-0.25, -0.2) is 4.39 Å². The lowest BCUT2D eigenvalue weighted by Crippen LogP contribution is -2.25. The van der Waals surface area contributed by atoms with Gasteiger partial charge in [0.25, 0.3) is 0 Å². The maximum atomic E-state index is 14.0. The van der Waals surface area contributed by atoms with Gasteiger partial charge in [0.2, 0.25) is 0 Å². The van der Waals surface area contributed by atoms with Crippen LogP contribution in [0.2, 0.25) is 0 Å². The molecule has 1 aliphatic carbocycles. The number of hydrogen-bond donors (Lipinski definition) is 1. The lowest BCUT2D eigenvalue weighted by molar-refractivity contribution is 0.244. The first-order valence-corrected chi connectivity index (χ1v) is 7.41. The summed E-state index contributed by atoms with van der Waals surface area (Å²) in [5.41, 5.74) is 6.57. The molecule has 4 heteroatoms. The largest absolute Gasteiger partial charge is 0.396 e. The number of nitrogens with zero attached hydrogens (tertiary/aromatic N) is 1. The molecule has 0 saturated heterocycles. The molecule has 1 aromatic carbocycles. The Morgan fingerprint density at radius 3 is 2.74 bits per heavy atom. The van der Waals surface area contributed by atoms with Crippen molar-refractivity contribution in [2.75, 3.05) is 5.73 Å². The van der Waals surface area contributed by atoms with Crippen molar-refractivity contribution in [2.24, 2.45) is 0 Å². The minimum absolute atomic E-state index is 0.240. The van der Waals surface area contributed by atoms with E-state index >= 15 is 0 Å². The second kappa shape index (κ2) is 5.31. The highest BCUT2D eigenvalue weighted by Crippen LogP contribution is 2.31. The maximum Gasteiger partial charge on any atom is 0.150 e. The monoisotopic (exact) mass is 276 g/mol. The number of benzene rings is 1. The Kier molecular flexibility index (Phi) is 3.53. The molecule has 0 spiro atoms. The smallest absolute Gasteiger partial charge is 0.150 e. The number of thiophene rings is 1. The van der Waals surface area contributed by atoms with Crippen LogP contribution >= 0.6 is 11.3 Å². The summed E-state index contributed by atoms with van der Waals surface area (Å²) in [4.78, 5) is 3.68. The molecule has 2 aromatic rings. The average Bonchev–Trinajstić information content (AvgIpc) is 3.13. The highest BCUT2D eigenvalue weighted by atomic mass is 32.1. The van der Waals surface area contributed by atoms with E-state index in [9.17, 15) is 4.39 Å². The molecule has 1 aliphatic rings. The van der Waals surface area contributed by atoms with E-state index in [0.29, 0.717) is 18.2 Å². The Morgan fingerprint density at radius 2 is 2.05 bits per heavy atom. The van der Waals surface area contributed by atoms with Crippen molar-refractivity contribution in [3.63, 3.8) is 0 Å². The van der Waals surface area contributed by atoms with E-state index in [1.165, 1.54) is 17.7 Å². The summed E-state index contributed by atoms with van der Waals surface area (Å²) in [6.45, 7) is 1.54. The summed E-state index contributed by atoms with van der Waals surface area (Å²) >= 11 is 1.75. The standard InChI is InChI=1S/C15H17FN2S/c16-15-11(3-1-5-14(15)17)9-18(12-6-7-12)10-13-4-2-8-19-13/h1-5,8,12H,6-7,9-10,17H2. The maximum absolute atomic E-state index is 14.0. The van der Waals surface area contributed by atoms with Gasteiger partial charge in [0.1, 0.15) is 0 Å². The van der Waals surface area contributed by atoms with Crippen LogP contribution in [-0.4, -0.2) is 10.9 Å². The number of nitrogen functional groups attached to an aromatic ring is 1. The fraction of sp³-hybridized carbons (Fsp3) is 0.333. The van der Waals surface area contributed by atoms with Gasteiger partial charge in [0.15, 0.2) is 5.82 Å². The second-order valence-electron chi connectivity index (χ2n) is 5.04. The number of anilines is 1. The van der Waals surface area contributed by atoms with Crippen LogP contribution in [0, 0.1) is 5.82 Å². The minimum Gasteiger partial charge on any atom is -0.396 e. The molecule has 1 fully saturated rings. The lowest BCUT2D eigenvalue weighted by atomic mass is 10.1. The molecule has 0 aliphatic heterocycles. The summed E-state index contributed by atoms with van der Waals surface area (Å²) in [6.07, 6.45) is 2.44. The highest BCUT2D eigenvalue weighted by molar-refractivity contribution is 7.09. The SMILES string of the molecule is Nc1cccc(CN(Cc2cccs2)C2CC2)c1F. The number of hydrogen-bond acceptors (Lipinski definition) is 3. The van der Waals surface area contributed by atoms with Gasteiger partial charge in [-0.15, -0.1) is 11.3 Å². The molecular formula is C15H17FN2S. The van der Waals surface area contributed by atoms with E-state index in [1.54, 1.807) is 17.4 Å². The third-order valence-corrected chi connectivity index (χ3v) is 4.35. The van der Waals surface area contributed by atoms with Crippen molar-refractivity contribution in [2.45, 2.75) is 32.0 Å². The van der Waals surface area contributed by atoms with Crippen LogP contribution in [-0.2, 0) is 13.1 Å². The molecule has 3 rings (SSSR count). The first-order valence-electron chi connectivity index (χ1n) is 6.53. The fourth-order valence-corrected chi connectivity index (χ4v) is 3.03. The van der Waals surface area contributed by atoms with Gasteiger partial charge in [-0.1, -0.05) is 18.2 Å². The van der Waals surface area contributed by atoms with Gasteiger partial charge < -0.3 is 5.73 Å². The van der Waals surface area contributed by atoms with Crippen molar-refractivity contribution >= 4 is 17.0 Å². The van der Waals surface area contributed by atoms with E-state index < -0.39 is 0 Å². The van der Waals surface area contributed by atoms with Gasteiger partial charge in [0.05, 0.1) is 5.69 Å². The summed E-state index contributed by atoms with van der Waals surface area (Å²) in [5, 5.41) is 2.08. The molecule has 0 unspecified atom stereocenters. The number of rotatable bonds is 5. The van der Waals surface area contributed by atoms with E-state index in [0.717, 1.165) is 6.54 Å². The quantitative estimate of drug-likeness (QED) is 0.845. The normalized spacial score (nSPS) is 15.1. The van der Waals surface area contributed by atoms with Crippen molar-refractivity contribution in [3.05, 3.63) is 52.0 Å². The van der Waals surface area contributed by atoms with Gasteiger partial charge >= 0.3 is 0 Å². The Labute approximate surface area is 116 Å². The van der Waals surface area contributed by atoms with E-state index in [4.69, 9.17) is 5.73 Å². The fourth-order valence-electron chi connectivity index (χ4n) is 2.30. The number of nitrogens with two attached hydrogens (primary N) is 1. The molecule has 1 heterocycles. The Balaban J connectivity index is 1.76. The van der Waals surface area contributed by atoms with Gasteiger partial charge in [-0.3, -0.25) is 4.90 Å². The van der Waals surface area contributed by atoms with E-state index in [-0.39, 0.29) is 11.5 Å². The zero-order chi connectivity index (χ0) is 13.2. The Morgan fingerprint density at radius 1 is 1.21 bits per heavy atom. The predicted molar refractivity (Wildman–Crippen MR) is 77.4 cm³/mol. The predicted octanol–water partition coefficient (Wildman–Crippen LogP) is 3.63. The summed E-state index contributed by atoms with van der Waals surface area (Å²) < 4.78 is 14.0.